The number of nitrogens with one attached hydrogen (secondary N) is 2. The Balaban J connectivity index is 1.94. The highest BCUT2D eigenvalue weighted by atomic mass is 19.1. The highest BCUT2D eigenvalue weighted by Crippen LogP contribution is 2.23. The number of halogens is 1. The summed E-state index contributed by atoms with van der Waals surface area (Å²) in [5.41, 5.74) is 0.199. The predicted molar refractivity (Wildman–Crippen MR) is 80.6 cm³/mol. The summed E-state index contributed by atoms with van der Waals surface area (Å²) in [6.45, 7) is 6.53. The van der Waals surface area contributed by atoms with E-state index in [2.05, 4.69) is 27.5 Å². The first-order valence-electron chi connectivity index (χ1n) is 7.38. The second-order valence-electron chi connectivity index (χ2n) is 5.38. The maximum atomic E-state index is 13.5. The molecule has 0 spiro atoms. The minimum Gasteiger partial charge on any atom is -0.373 e. The van der Waals surface area contributed by atoms with E-state index in [1.165, 1.54) is 6.07 Å². The average molecular weight is 294 g/mol. The fourth-order valence-corrected chi connectivity index (χ4v) is 2.28. The van der Waals surface area contributed by atoms with E-state index in [1.807, 2.05) is 6.92 Å². The maximum Gasteiger partial charge on any atom is 0.191 e. The Kier molecular flexibility index (Phi) is 5.50. The van der Waals surface area contributed by atoms with E-state index in [0.29, 0.717) is 18.2 Å². The number of aliphatic imine (C=N–C) groups is 1. The number of nitrogens with zero attached hydrogens (tertiary/aromatic N) is 2. The van der Waals surface area contributed by atoms with Gasteiger partial charge in [-0.15, -0.1) is 0 Å². The van der Waals surface area contributed by atoms with Gasteiger partial charge in [-0.05, 0) is 38.8 Å². The molecule has 0 amide bonds. The molecule has 1 aliphatic rings. The zero-order chi connectivity index (χ0) is 15.1. The molecule has 21 heavy (non-hydrogen) atoms. The van der Waals surface area contributed by atoms with Gasteiger partial charge in [0.05, 0.1) is 17.8 Å². The highest BCUT2D eigenvalue weighted by molar-refractivity contribution is 5.79. The second-order valence-corrected chi connectivity index (χ2v) is 5.38. The standard InChI is InChI=1S/C15H23FN4O/c1-3-17-14(20-11-15(2)7-5-9-21-15)19-10-13-12(16)6-4-8-18-13/h4,6,8H,3,5,7,9-11H2,1-2H3,(H2,17,19,20). The molecule has 1 unspecified atom stereocenters. The summed E-state index contributed by atoms with van der Waals surface area (Å²) in [6.07, 6.45) is 3.70. The van der Waals surface area contributed by atoms with Crippen molar-refractivity contribution in [2.75, 3.05) is 19.7 Å². The molecule has 0 aromatic carbocycles. The lowest BCUT2D eigenvalue weighted by Crippen LogP contribution is -2.45. The van der Waals surface area contributed by atoms with Crippen LogP contribution in [0.2, 0.25) is 0 Å². The number of pyridine rings is 1. The van der Waals surface area contributed by atoms with Crippen molar-refractivity contribution in [2.45, 2.75) is 38.8 Å². The van der Waals surface area contributed by atoms with Gasteiger partial charge in [-0.2, -0.15) is 0 Å². The lowest BCUT2D eigenvalue weighted by molar-refractivity contribution is 0.0243. The number of guanidine groups is 1. The van der Waals surface area contributed by atoms with Gasteiger partial charge < -0.3 is 15.4 Å². The van der Waals surface area contributed by atoms with Gasteiger partial charge in [-0.25, -0.2) is 9.38 Å². The molecule has 1 aromatic rings. The van der Waals surface area contributed by atoms with Crippen LogP contribution in [0.25, 0.3) is 0 Å². The Morgan fingerprint density at radius 3 is 3.05 bits per heavy atom. The molecule has 1 saturated heterocycles. The van der Waals surface area contributed by atoms with E-state index in [9.17, 15) is 4.39 Å². The molecule has 1 fully saturated rings. The lowest BCUT2D eigenvalue weighted by atomic mass is 10.0. The SMILES string of the molecule is CCNC(=NCc1ncccc1F)NCC1(C)CCCO1. The van der Waals surface area contributed by atoms with Gasteiger partial charge in [-0.1, -0.05) is 0 Å². The van der Waals surface area contributed by atoms with Crippen LogP contribution >= 0.6 is 0 Å². The molecule has 2 heterocycles. The van der Waals surface area contributed by atoms with E-state index >= 15 is 0 Å². The van der Waals surface area contributed by atoms with E-state index in [4.69, 9.17) is 4.74 Å². The van der Waals surface area contributed by atoms with E-state index < -0.39 is 0 Å². The molecule has 0 radical (unpaired) electrons. The molecular formula is C15H23FN4O. The third-order valence-corrected chi connectivity index (χ3v) is 3.50. The third-order valence-electron chi connectivity index (χ3n) is 3.50. The molecule has 1 atom stereocenters. The molecule has 5 nitrogen and oxygen atoms in total. The Bertz CT molecular complexity index is 486. The van der Waals surface area contributed by atoms with E-state index in [-0.39, 0.29) is 18.0 Å². The van der Waals surface area contributed by atoms with Gasteiger partial charge in [0.2, 0.25) is 0 Å². The van der Waals surface area contributed by atoms with Crippen LogP contribution in [-0.4, -0.2) is 36.2 Å². The first kappa shape index (κ1) is 15.7. The number of aromatic nitrogens is 1. The average Bonchev–Trinajstić information content (AvgIpc) is 2.91. The van der Waals surface area contributed by atoms with Crippen LogP contribution in [-0.2, 0) is 11.3 Å². The normalized spacial score (nSPS) is 22.3. The van der Waals surface area contributed by atoms with Crippen LogP contribution < -0.4 is 10.6 Å². The Morgan fingerprint density at radius 1 is 1.52 bits per heavy atom. The van der Waals surface area contributed by atoms with E-state index in [1.54, 1.807) is 12.3 Å². The van der Waals surface area contributed by atoms with Crippen molar-refractivity contribution >= 4 is 5.96 Å². The molecule has 0 saturated carbocycles. The maximum absolute atomic E-state index is 13.5. The number of hydrogen-bond acceptors (Lipinski definition) is 3. The fraction of sp³-hybridized carbons (Fsp3) is 0.600. The molecule has 2 rings (SSSR count). The van der Waals surface area contributed by atoms with Crippen LogP contribution in [0.15, 0.2) is 23.3 Å². The molecule has 116 valence electrons. The minimum atomic E-state index is -0.330. The summed E-state index contributed by atoms with van der Waals surface area (Å²) < 4.78 is 19.3. The molecule has 6 heteroatoms. The van der Waals surface area contributed by atoms with Gasteiger partial charge in [0, 0.05) is 25.9 Å². The lowest BCUT2D eigenvalue weighted by Gasteiger charge is -2.24. The summed E-state index contributed by atoms with van der Waals surface area (Å²) in [5, 5.41) is 6.40. The summed E-state index contributed by atoms with van der Waals surface area (Å²) >= 11 is 0. The van der Waals surface area contributed by atoms with Crippen LogP contribution in [0, 0.1) is 5.82 Å². The molecular weight excluding hydrogens is 271 g/mol. The van der Waals surface area contributed by atoms with Crippen molar-refractivity contribution in [1.82, 2.24) is 15.6 Å². The zero-order valence-corrected chi connectivity index (χ0v) is 12.7. The minimum absolute atomic E-state index is 0.146. The van der Waals surface area contributed by atoms with Crippen molar-refractivity contribution in [2.24, 2.45) is 4.99 Å². The summed E-state index contributed by atoms with van der Waals surface area (Å²) in [7, 11) is 0. The van der Waals surface area contributed by atoms with Crippen molar-refractivity contribution in [3.63, 3.8) is 0 Å². The quantitative estimate of drug-likeness (QED) is 0.643. The molecule has 1 aromatic heterocycles. The van der Waals surface area contributed by atoms with Crippen LogP contribution in [0.4, 0.5) is 4.39 Å². The largest absolute Gasteiger partial charge is 0.373 e. The number of rotatable bonds is 5. The zero-order valence-electron chi connectivity index (χ0n) is 12.7. The third kappa shape index (κ3) is 4.67. The second kappa shape index (κ2) is 7.36. The summed E-state index contributed by atoms with van der Waals surface area (Å²) in [6, 6.07) is 2.97. The topological polar surface area (TPSA) is 58.5 Å². The Labute approximate surface area is 125 Å². The predicted octanol–water partition coefficient (Wildman–Crippen LogP) is 1.84. The Morgan fingerprint density at radius 2 is 2.38 bits per heavy atom. The monoisotopic (exact) mass is 294 g/mol. The first-order valence-corrected chi connectivity index (χ1v) is 7.38. The van der Waals surface area contributed by atoms with Gasteiger partial charge in [0.1, 0.15) is 5.82 Å². The fourth-order valence-electron chi connectivity index (χ4n) is 2.28. The smallest absolute Gasteiger partial charge is 0.191 e. The molecule has 2 N–H and O–H groups in total. The van der Waals surface area contributed by atoms with Crippen molar-refractivity contribution < 1.29 is 9.13 Å². The van der Waals surface area contributed by atoms with Crippen molar-refractivity contribution in [3.05, 3.63) is 29.8 Å². The van der Waals surface area contributed by atoms with Crippen LogP contribution in [0.3, 0.4) is 0 Å². The summed E-state index contributed by atoms with van der Waals surface area (Å²) in [5.74, 6) is 0.322. The molecule has 0 bridgehead atoms. The number of ether oxygens (including phenoxy) is 1. The molecule has 1 aliphatic heterocycles. The van der Waals surface area contributed by atoms with Crippen LogP contribution in [0.5, 0.6) is 0 Å². The van der Waals surface area contributed by atoms with Gasteiger partial charge >= 0.3 is 0 Å². The van der Waals surface area contributed by atoms with Gasteiger partial charge in [-0.3, -0.25) is 4.98 Å². The first-order chi connectivity index (χ1) is 10.1. The number of hydrogen-bond donors (Lipinski definition) is 2. The van der Waals surface area contributed by atoms with Crippen molar-refractivity contribution in [3.8, 4) is 0 Å². The Hall–Kier alpha value is -1.69. The highest BCUT2D eigenvalue weighted by Gasteiger charge is 2.29. The molecule has 0 aliphatic carbocycles. The van der Waals surface area contributed by atoms with Crippen molar-refractivity contribution in [1.29, 1.82) is 0 Å². The van der Waals surface area contributed by atoms with E-state index in [0.717, 1.165) is 26.0 Å². The summed E-state index contributed by atoms with van der Waals surface area (Å²) in [4.78, 5) is 8.37. The van der Waals surface area contributed by atoms with Crippen LogP contribution in [0.1, 0.15) is 32.4 Å². The van der Waals surface area contributed by atoms with Gasteiger partial charge in [0.15, 0.2) is 5.96 Å². The van der Waals surface area contributed by atoms with Gasteiger partial charge in [0.25, 0.3) is 0 Å².